The van der Waals surface area contributed by atoms with Crippen molar-refractivity contribution in [1.82, 2.24) is 5.32 Å². The Morgan fingerprint density at radius 1 is 0.897 bits per heavy atom. The van der Waals surface area contributed by atoms with Gasteiger partial charge < -0.3 is 14.8 Å². The van der Waals surface area contributed by atoms with Crippen LogP contribution in [-0.4, -0.2) is 30.6 Å². The maximum atomic E-state index is 12.0. The zero-order chi connectivity index (χ0) is 20.6. The fraction of sp³-hybridized carbons (Fsp3) is 0.136. The largest absolute Gasteiger partial charge is 0.482 e. The van der Waals surface area contributed by atoms with Crippen molar-refractivity contribution in [2.45, 2.75) is 13.0 Å². The predicted octanol–water partition coefficient (Wildman–Crippen LogP) is 3.50. The quantitative estimate of drug-likeness (QED) is 0.626. The van der Waals surface area contributed by atoms with Crippen LogP contribution >= 0.6 is 0 Å². The number of carbonyl (C=O) groups excluding carboxylic acids is 3. The van der Waals surface area contributed by atoms with Gasteiger partial charge in [0.1, 0.15) is 5.75 Å². The van der Waals surface area contributed by atoms with E-state index in [1.807, 2.05) is 36.4 Å². The molecule has 0 bridgehead atoms. The summed E-state index contributed by atoms with van der Waals surface area (Å²) < 4.78 is 10.4. The van der Waals surface area contributed by atoms with Crippen LogP contribution in [0.25, 0.3) is 10.8 Å². The Hall–Kier alpha value is -3.87. The molecule has 1 atom stereocenters. The number of fused-ring (bicyclic) bond motifs is 1. The molecule has 0 heterocycles. The second-order valence-electron chi connectivity index (χ2n) is 6.24. The third-order valence-electron chi connectivity index (χ3n) is 4.02. The highest BCUT2D eigenvalue weighted by atomic mass is 16.6. The molecule has 0 saturated carbocycles. The Kier molecular flexibility index (Phi) is 6.42. The molecule has 3 aromatic carbocycles. The molecule has 0 aliphatic rings. The molecular formula is C22H20N2O5. The van der Waals surface area contributed by atoms with Gasteiger partial charge >= 0.3 is 12.0 Å². The van der Waals surface area contributed by atoms with Gasteiger partial charge in [0.2, 0.25) is 0 Å². The molecule has 0 aliphatic carbocycles. The van der Waals surface area contributed by atoms with Gasteiger partial charge in [-0.25, -0.2) is 9.59 Å². The maximum absolute atomic E-state index is 12.0. The van der Waals surface area contributed by atoms with Crippen LogP contribution in [0.2, 0.25) is 0 Å². The van der Waals surface area contributed by atoms with E-state index in [-0.39, 0.29) is 6.61 Å². The molecule has 3 rings (SSSR count). The van der Waals surface area contributed by atoms with E-state index < -0.39 is 24.0 Å². The zero-order valence-electron chi connectivity index (χ0n) is 15.8. The standard InChI is InChI=1S/C22H20N2O5/c1-15(21(26)24-22(27)23-18-9-3-2-4-10-18)29-20(25)14-28-19-12-11-16-7-5-6-8-17(16)13-19/h2-13,15H,14H2,1H3,(H2,23,24,26,27). The lowest BCUT2D eigenvalue weighted by Gasteiger charge is -2.14. The van der Waals surface area contributed by atoms with Gasteiger partial charge in [0.15, 0.2) is 12.7 Å². The Balaban J connectivity index is 1.45. The fourth-order valence-electron chi connectivity index (χ4n) is 2.58. The highest BCUT2D eigenvalue weighted by Crippen LogP contribution is 2.20. The van der Waals surface area contributed by atoms with Crippen molar-refractivity contribution in [3.05, 3.63) is 72.8 Å². The number of hydrogen-bond acceptors (Lipinski definition) is 5. The first kappa shape index (κ1) is 19.9. The van der Waals surface area contributed by atoms with Crippen molar-refractivity contribution in [3.63, 3.8) is 0 Å². The second kappa shape index (κ2) is 9.36. The molecule has 0 aromatic heterocycles. The molecule has 7 nitrogen and oxygen atoms in total. The average Bonchev–Trinajstić information content (AvgIpc) is 2.72. The highest BCUT2D eigenvalue weighted by molar-refractivity contribution is 6.02. The van der Waals surface area contributed by atoms with Crippen molar-refractivity contribution in [3.8, 4) is 5.75 Å². The summed E-state index contributed by atoms with van der Waals surface area (Å²) in [6.07, 6.45) is -1.15. The third kappa shape index (κ3) is 5.80. The number of urea groups is 1. The van der Waals surface area contributed by atoms with Crippen LogP contribution in [-0.2, 0) is 14.3 Å². The lowest BCUT2D eigenvalue weighted by Crippen LogP contribution is -2.42. The number of carbonyl (C=O) groups is 3. The van der Waals surface area contributed by atoms with Crippen molar-refractivity contribution in [2.75, 3.05) is 11.9 Å². The molecule has 29 heavy (non-hydrogen) atoms. The minimum atomic E-state index is -1.15. The van der Waals surface area contributed by atoms with E-state index in [2.05, 4.69) is 10.6 Å². The smallest absolute Gasteiger partial charge is 0.344 e. The van der Waals surface area contributed by atoms with Gasteiger partial charge in [0.25, 0.3) is 5.91 Å². The summed E-state index contributed by atoms with van der Waals surface area (Å²) in [6.45, 7) is 1.02. The predicted molar refractivity (Wildman–Crippen MR) is 109 cm³/mol. The van der Waals surface area contributed by atoms with Crippen molar-refractivity contribution in [1.29, 1.82) is 0 Å². The van der Waals surface area contributed by atoms with Gasteiger partial charge in [-0.1, -0.05) is 48.5 Å². The van der Waals surface area contributed by atoms with Crippen LogP contribution < -0.4 is 15.4 Å². The minimum absolute atomic E-state index is 0.355. The van der Waals surface area contributed by atoms with Crippen LogP contribution in [0.15, 0.2) is 72.8 Å². The van der Waals surface area contributed by atoms with Gasteiger partial charge in [-0.15, -0.1) is 0 Å². The number of hydrogen-bond donors (Lipinski definition) is 2. The number of esters is 1. The van der Waals surface area contributed by atoms with E-state index in [1.54, 1.807) is 36.4 Å². The molecule has 0 spiro atoms. The number of rotatable bonds is 6. The number of amides is 3. The van der Waals surface area contributed by atoms with E-state index >= 15 is 0 Å². The van der Waals surface area contributed by atoms with Gasteiger partial charge in [-0.05, 0) is 42.0 Å². The van der Waals surface area contributed by atoms with E-state index in [4.69, 9.17) is 9.47 Å². The van der Waals surface area contributed by atoms with Crippen molar-refractivity contribution < 1.29 is 23.9 Å². The molecule has 0 radical (unpaired) electrons. The maximum Gasteiger partial charge on any atom is 0.344 e. The number of anilines is 1. The SMILES string of the molecule is CC(OC(=O)COc1ccc2ccccc2c1)C(=O)NC(=O)Nc1ccccc1. The molecule has 1 unspecified atom stereocenters. The van der Waals surface area contributed by atoms with Crippen LogP contribution in [0.1, 0.15) is 6.92 Å². The number of ether oxygens (including phenoxy) is 2. The van der Waals surface area contributed by atoms with Gasteiger partial charge in [-0.2, -0.15) is 0 Å². The Labute approximate surface area is 167 Å². The molecule has 2 N–H and O–H groups in total. The lowest BCUT2D eigenvalue weighted by atomic mass is 10.1. The van der Waals surface area contributed by atoms with Gasteiger partial charge in [0.05, 0.1) is 0 Å². The van der Waals surface area contributed by atoms with Gasteiger partial charge in [0, 0.05) is 5.69 Å². The summed E-state index contributed by atoms with van der Waals surface area (Å²) in [7, 11) is 0. The van der Waals surface area contributed by atoms with Crippen LogP contribution in [0.4, 0.5) is 10.5 Å². The molecule has 148 valence electrons. The first-order valence-corrected chi connectivity index (χ1v) is 8.99. The summed E-state index contributed by atoms with van der Waals surface area (Å²) >= 11 is 0. The minimum Gasteiger partial charge on any atom is -0.482 e. The number of benzene rings is 3. The Morgan fingerprint density at radius 2 is 1.59 bits per heavy atom. The van der Waals surface area contributed by atoms with E-state index in [0.29, 0.717) is 11.4 Å². The Morgan fingerprint density at radius 3 is 2.34 bits per heavy atom. The summed E-state index contributed by atoms with van der Waals surface area (Å²) in [5, 5.41) is 6.67. The molecule has 0 saturated heterocycles. The topological polar surface area (TPSA) is 93.7 Å². The Bertz CT molecular complexity index is 1020. The lowest BCUT2D eigenvalue weighted by molar-refractivity contribution is -0.156. The molecular weight excluding hydrogens is 372 g/mol. The van der Waals surface area contributed by atoms with Crippen molar-refractivity contribution >= 4 is 34.4 Å². The zero-order valence-corrected chi connectivity index (χ0v) is 15.8. The normalized spacial score (nSPS) is 11.3. The van der Waals surface area contributed by atoms with Crippen LogP contribution in [0.5, 0.6) is 5.75 Å². The van der Waals surface area contributed by atoms with E-state index in [9.17, 15) is 14.4 Å². The van der Waals surface area contributed by atoms with Crippen molar-refractivity contribution in [2.24, 2.45) is 0 Å². The first-order valence-electron chi connectivity index (χ1n) is 8.99. The monoisotopic (exact) mass is 392 g/mol. The summed E-state index contributed by atoms with van der Waals surface area (Å²) in [4.78, 5) is 35.8. The molecule has 3 amide bonds. The molecule has 3 aromatic rings. The fourth-order valence-corrected chi connectivity index (χ4v) is 2.58. The highest BCUT2D eigenvalue weighted by Gasteiger charge is 2.20. The summed E-state index contributed by atoms with van der Waals surface area (Å²) in [5.41, 5.74) is 0.534. The van der Waals surface area contributed by atoms with E-state index in [1.165, 1.54) is 6.92 Å². The van der Waals surface area contributed by atoms with E-state index in [0.717, 1.165) is 10.8 Å². The number of nitrogens with one attached hydrogen (secondary N) is 2. The van der Waals surface area contributed by atoms with Gasteiger partial charge in [-0.3, -0.25) is 10.1 Å². The van der Waals surface area contributed by atoms with Crippen LogP contribution in [0.3, 0.4) is 0 Å². The molecule has 0 aliphatic heterocycles. The number of imide groups is 1. The summed E-state index contributed by atoms with van der Waals surface area (Å²) in [6, 6.07) is 21.1. The average molecular weight is 392 g/mol. The molecule has 7 heteroatoms. The molecule has 0 fully saturated rings. The number of para-hydroxylation sites is 1. The first-order chi connectivity index (χ1) is 14.0. The third-order valence-corrected chi connectivity index (χ3v) is 4.02. The van der Waals surface area contributed by atoms with Crippen LogP contribution in [0, 0.1) is 0 Å². The summed E-state index contributed by atoms with van der Waals surface area (Å²) in [5.74, 6) is -0.943. The second-order valence-corrected chi connectivity index (χ2v) is 6.24.